The van der Waals surface area contributed by atoms with Crippen LogP contribution in [0.25, 0.3) is 0 Å². The van der Waals surface area contributed by atoms with Crippen molar-refractivity contribution >= 4 is 17.7 Å². The summed E-state index contributed by atoms with van der Waals surface area (Å²) in [6, 6.07) is 4.09. The lowest BCUT2D eigenvalue weighted by atomic mass is 9.93. The van der Waals surface area contributed by atoms with Crippen molar-refractivity contribution in [2.75, 3.05) is 18.4 Å². The van der Waals surface area contributed by atoms with Crippen LogP contribution < -0.4 is 10.6 Å². The van der Waals surface area contributed by atoms with Gasteiger partial charge in [0.05, 0.1) is 18.2 Å². The van der Waals surface area contributed by atoms with Crippen LogP contribution in [0.5, 0.6) is 0 Å². The molecule has 2 aliphatic rings. The summed E-state index contributed by atoms with van der Waals surface area (Å²) in [5, 5.41) is 16.1. The third kappa shape index (κ3) is 5.88. The molecule has 2 aromatic rings. The molecule has 34 heavy (non-hydrogen) atoms. The Balaban J connectivity index is 1.29. The first kappa shape index (κ1) is 24.1. The van der Waals surface area contributed by atoms with Gasteiger partial charge < -0.3 is 20.6 Å². The van der Waals surface area contributed by atoms with Crippen molar-refractivity contribution in [2.24, 2.45) is 0 Å². The van der Waals surface area contributed by atoms with Crippen molar-refractivity contribution < 1.29 is 14.7 Å². The van der Waals surface area contributed by atoms with Crippen LogP contribution in [0.3, 0.4) is 0 Å². The second-order valence-corrected chi connectivity index (χ2v) is 9.39. The van der Waals surface area contributed by atoms with Crippen molar-refractivity contribution in [3.05, 3.63) is 47.2 Å². The van der Waals surface area contributed by atoms with Crippen LogP contribution in [-0.4, -0.2) is 62.0 Å². The van der Waals surface area contributed by atoms with Crippen molar-refractivity contribution in [3.8, 4) is 0 Å². The molecule has 4 heterocycles. The van der Waals surface area contributed by atoms with Gasteiger partial charge in [0.15, 0.2) is 0 Å². The Bertz CT molecular complexity index is 1010. The first-order chi connectivity index (χ1) is 16.4. The molecular weight excluding hydrogens is 432 g/mol. The molecule has 0 spiro atoms. The molecule has 9 heteroatoms. The molecule has 3 N–H and O–H groups in total. The summed E-state index contributed by atoms with van der Waals surface area (Å²) in [5.41, 5.74) is 3.02. The highest BCUT2D eigenvalue weighted by Crippen LogP contribution is 2.26. The highest BCUT2D eigenvalue weighted by Gasteiger charge is 2.36. The molecule has 1 amide bonds. The number of nitrogens with zero attached hydrogens (tertiary/aromatic N) is 4. The normalized spacial score (nSPS) is 20.6. The molecule has 0 saturated carbocycles. The summed E-state index contributed by atoms with van der Waals surface area (Å²) in [6.07, 6.45) is 7.79. The highest BCUT2D eigenvalue weighted by molar-refractivity contribution is 5.84. The van der Waals surface area contributed by atoms with E-state index in [1.54, 1.807) is 19.3 Å². The number of fused-ring (bicyclic) bond motifs is 1. The van der Waals surface area contributed by atoms with Gasteiger partial charge in [0, 0.05) is 38.1 Å². The summed E-state index contributed by atoms with van der Waals surface area (Å²) in [5.74, 6) is 0.732. The maximum atomic E-state index is 13.0. The first-order valence-corrected chi connectivity index (χ1v) is 12.2. The molecule has 0 bridgehead atoms. The second-order valence-electron chi connectivity index (χ2n) is 9.39. The minimum Gasteiger partial charge on any atom is -0.481 e. The highest BCUT2D eigenvalue weighted by atomic mass is 16.4. The van der Waals surface area contributed by atoms with E-state index in [1.165, 1.54) is 5.56 Å². The summed E-state index contributed by atoms with van der Waals surface area (Å²) < 4.78 is 0. The number of pyridine rings is 1. The molecule has 1 saturated heterocycles. The van der Waals surface area contributed by atoms with E-state index in [1.807, 2.05) is 11.0 Å². The van der Waals surface area contributed by atoms with E-state index in [2.05, 4.69) is 33.6 Å². The van der Waals surface area contributed by atoms with Crippen LogP contribution >= 0.6 is 0 Å². The lowest BCUT2D eigenvalue weighted by Gasteiger charge is -2.23. The number of amides is 1. The molecule has 2 aliphatic heterocycles. The SMILES string of the molecule is Cc1ncc([C@@H](CCCN2C(=O)[C@@H](NCc3ccc4c(n3)NCCC4)C[C@H]2C)CC(=O)O)cn1. The number of carboxylic acids is 1. The molecule has 182 valence electrons. The van der Waals surface area contributed by atoms with Gasteiger partial charge in [-0.05, 0) is 69.1 Å². The van der Waals surface area contributed by atoms with Crippen LogP contribution in [0.15, 0.2) is 24.5 Å². The molecule has 9 nitrogen and oxygen atoms in total. The predicted molar refractivity (Wildman–Crippen MR) is 128 cm³/mol. The minimum atomic E-state index is -0.841. The maximum absolute atomic E-state index is 13.0. The zero-order valence-corrected chi connectivity index (χ0v) is 20.0. The van der Waals surface area contributed by atoms with E-state index < -0.39 is 5.97 Å². The maximum Gasteiger partial charge on any atom is 0.303 e. The zero-order chi connectivity index (χ0) is 24.1. The number of rotatable bonds is 10. The van der Waals surface area contributed by atoms with Crippen molar-refractivity contribution in [1.29, 1.82) is 0 Å². The number of hydrogen-bond donors (Lipinski definition) is 3. The van der Waals surface area contributed by atoms with E-state index in [0.29, 0.717) is 25.3 Å². The zero-order valence-electron chi connectivity index (χ0n) is 20.0. The number of aromatic nitrogens is 3. The fourth-order valence-electron chi connectivity index (χ4n) is 4.90. The van der Waals surface area contributed by atoms with Crippen LogP contribution in [0.2, 0.25) is 0 Å². The van der Waals surface area contributed by atoms with E-state index in [9.17, 15) is 14.7 Å². The number of likely N-dealkylation sites (tertiary alicyclic amines) is 1. The topological polar surface area (TPSA) is 120 Å². The lowest BCUT2D eigenvalue weighted by Crippen LogP contribution is -2.39. The third-order valence-corrected chi connectivity index (χ3v) is 6.82. The molecule has 4 rings (SSSR count). The van der Waals surface area contributed by atoms with Crippen LogP contribution in [-0.2, 0) is 22.6 Å². The standard InChI is InChI=1S/C25H34N6O3/c1-16-11-22(29-15-21-8-7-18-5-3-9-26-24(18)30-21)25(34)31(16)10-4-6-19(12-23(32)33)20-13-27-17(2)28-14-20/h7-8,13-14,16,19,22,29H,3-6,9-12,15H2,1-2H3,(H,26,30)(H,32,33)/t16-,19+,22+/m1/s1. The summed E-state index contributed by atoms with van der Waals surface area (Å²) in [7, 11) is 0. The molecule has 3 atom stereocenters. The van der Waals surface area contributed by atoms with Gasteiger partial charge in [0.25, 0.3) is 0 Å². The summed E-state index contributed by atoms with van der Waals surface area (Å²) in [4.78, 5) is 39.5. The van der Waals surface area contributed by atoms with Gasteiger partial charge in [-0.3, -0.25) is 9.59 Å². The summed E-state index contributed by atoms with van der Waals surface area (Å²) >= 11 is 0. The number of aryl methyl sites for hydroxylation is 2. The number of anilines is 1. The quantitative estimate of drug-likeness (QED) is 0.489. The third-order valence-electron chi connectivity index (χ3n) is 6.82. The van der Waals surface area contributed by atoms with Crippen molar-refractivity contribution in [3.63, 3.8) is 0 Å². The van der Waals surface area contributed by atoms with Gasteiger partial charge >= 0.3 is 5.97 Å². The van der Waals surface area contributed by atoms with Crippen LogP contribution in [0, 0.1) is 6.92 Å². The van der Waals surface area contributed by atoms with Gasteiger partial charge in [-0.25, -0.2) is 15.0 Å². The van der Waals surface area contributed by atoms with Crippen molar-refractivity contribution in [2.45, 2.75) is 76.9 Å². The number of carbonyl (C=O) groups is 2. The minimum absolute atomic E-state index is 0.0305. The van der Waals surface area contributed by atoms with Gasteiger partial charge in [0.1, 0.15) is 11.6 Å². The molecule has 0 unspecified atom stereocenters. The molecule has 2 aromatic heterocycles. The van der Waals surface area contributed by atoms with E-state index in [0.717, 1.165) is 49.3 Å². The molecular formula is C25H34N6O3. The monoisotopic (exact) mass is 466 g/mol. The number of hydrogen-bond acceptors (Lipinski definition) is 7. The fourth-order valence-corrected chi connectivity index (χ4v) is 4.90. The lowest BCUT2D eigenvalue weighted by molar-refractivity contribution is -0.137. The van der Waals surface area contributed by atoms with Gasteiger partial charge in [-0.15, -0.1) is 0 Å². The smallest absolute Gasteiger partial charge is 0.303 e. The number of aliphatic carboxylic acids is 1. The molecule has 0 radical (unpaired) electrons. The van der Waals surface area contributed by atoms with E-state index in [4.69, 9.17) is 4.98 Å². The average molecular weight is 467 g/mol. The Morgan fingerprint density at radius 3 is 2.88 bits per heavy atom. The Hall–Kier alpha value is -3.07. The number of carboxylic acid groups (broad SMARTS) is 1. The van der Waals surface area contributed by atoms with Crippen LogP contribution in [0.4, 0.5) is 5.82 Å². The molecule has 1 fully saturated rings. The molecule has 0 aromatic carbocycles. The summed E-state index contributed by atoms with van der Waals surface area (Å²) in [6.45, 7) is 6.00. The van der Waals surface area contributed by atoms with E-state index in [-0.39, 0.29) is 30.3 Å². The van der Waals surface area contributed by atoms with Gasteiger partial charge in [0.2, 0.25) is 5.91 Å². The van der Waals surface area contributed by atoms with Gasteiger partial charge in [-0.2, -0.15) is 0 Å². The Kier molecular flexibility index (Phi) is 7.72. The Labute approximate surface area is 200 Å². The average Bonchev–Trinajstić information content (AvgIpc) is 3.09. The Morgan fingerprint density at radius 2 is 2.12 bits per heavy atom. The number of carbonyl (C=O) groups excluding carboxylic acids is 1. The predicted octanol–water partition coefficient (Wildman–Crippen LogP) is 2.66. The first-order valence-electron chi connectivity index (χ1n) is 12.2. The molecule has 0 aliphatic carbocycles. The Morgan fingerprint density at radius 1 is 1.32 bits per heavy atom. The van der Waals surface area contributed by atoms with E-state index >= 15 is 0 Å². The second kappa shape index (κ2) is 10.9. The number of nitrogens with one attached hydrogen (secondary N) is 2. The largest absolute Gasteiger partial charge is 0.481 e. The van der Waals surface area contributed by atoms with Crippen LogP contribution in [0.1, 0.15) is 67.6 Å². The van der Waals surface area contributed by atoms with Gasteiger partial charge in [-0.1, -0.05) is 6.07 Å². The van der Waals surface area contributed by atoms with Crippen molar-refractivity contribution in [1.82, 2.24) is 25.2 Å². The fraction of sp³-hybridized carbons (Fsp3) is 0.560.